The highest BCUT2D eigenvalue weighted by Gasteiger charge is 2.26. The Morgan fingerprint density at radius 2 is 2.05 bits per heavy atom. The number of carboxylic acid groups (broad SMARTS) is 1. The van der Waals surface area contributed by atoms with Crippen LogP contribution in [0.2, 0.25) is 0 Å². The summed E-state index contributed by atoms with van der Waals surface area (Å²) in [5.74, 6) is -0.301. The highest BCUT2D eigenvalue weighted by molar-refractivity contribution is 5.93. The molecule has 1 heterocycles. The quantitative estimate of drug-likeness (QED) is 0.877. The van der Waals surface area contributed by atoms with Crippen molar-refractivity contribution in [1.82, 2.24) is 4.90 Å². The van der Waals surface area contributed by atoms with Crippen LogP contribution in [0.5, 0.6) is 0 Å². The van der Waals surface area contributed by atoms with Gasteiger partial charge < -0.3 is 15.3 Å². The molecule has 2 N–H and O–H groups in total. The van der Waals surface area contributed by atoms with Crippen molar-refractivity contribution in [1.29, 1.82) is 0 Å². The van der Waals surface area contributed by atoms with E-state index in [0.29, 0.717) is 17.2 Å². The Labute approximate surface area is 125 Å². The van der Waals surface area contributed by atoms with Crippen LogP contribution >= 0.6 is 0 Å². The largest absolute Gasteiger partial charge is 0.478 e. The molecule has 1 aliphatic rings. The SMILES string of the molecule is Cc1cc(NC(=O)N2CCC(C)CC2C)ccc1C(=O)O. The van der Waals surface area contributed by atoms with Gasteiger partial charge in [0, 0.05) is 18.3 Å². The van der Waals surface area contributed by atoms with Gasteiger partial charge in [-0.25, -0.2) is 9.59 Å². The van der Waals surface area contributed by atoms with E-state index in [0.717, 1.165) is 19.4 Å². The van der Waals surface area contributed by atoms with Gasteiger partial charge in [-0.15, -0.1) is 0 Å². The molecule has 1 aliphatic heterocycles. The molecule has 0 saturated carbocycles. The zero-order valence-corrected chi connectivity index (χ0v) is 12.7. The number of benzene rings is 1. The number of carboxylic acids is 1. The van der Waals surface area contributed by atoms with Gasteiger partial charge in [-0.05, 0) is 56.4 Å². The fraction of sp³-hybridized carbons (Fsp3) is 0.500. The van der Waals surface area contributed by atoms with E-state index >= 15 is 0 Å². The predicted octanol–water partition coefficient (Wildman–Crippen LogP) is 3.35. The molecule has 0 aromatic heterocycles. The maximum atomic E-state index is 12.3. The number of carbonyl (C=O) groups is 2. The van der Waals surface area contributed by atoms with Gasteiger partial charge in [-0.1, -0.05) is 6.92 Å². The van der Waals surface area contributed by atoms with Gasteiger partial charge in [0.25, 0.3) is 0 Å². The summed E-state index contributed by atoms with van der Waals surface area (Å²) >= 11 is 0. The number of anilines is 1. The average Bonchev–Trinajstić information content (AvgIpc) is 2.37. The minimum Gasteiger partial charge on any atom is -0.478 e. The number of urea groups is 1. The fourth-order valence-corrected chi connectivity index (χ4v) is 2.89. The number of nitrogens with zero attached hydrogens (tertiary/aromatic N) is 1. The van der Waals surface area contributed by atoms with Gasteiger partial charge in [0.15, 0.2) is 0 Å². The van der Waals surface area contributed by atoms with Crippen LogP contribution in [0.4, 0.5) is 10.5 Å². The molecular formula is C16H22N2O3. The molecule has 2 rings (SSSR count). The van der Waals surface area contributed by atoms with Crippen molar-refractivity contribution in [3.63, 3.8) is 0 Å². The van der Waals surface area contributed by atoms with Gasteiger partial charge >= 0.3 is 12.0 Å². The van der Waals surface area contributed by atoms with Gasteiger partial charge in [0.05, 0.1) is 5.56 Å². The molecule has 1 saturated heterocycles. The van der Waals surface area contributed by atoms with E-state index in [9.17, 15) is 9.59 Å². The predicted molar refractivity (Wildman–Crippen MR) is 81.7 cm³/mol. The Morgan fingerprint density at radius 1 is 1.33 bits per heavy atom. The molecular weight excluding hydrogens is 268 g/mol. The molecule has 0 aliphatic carbocycles. The van der Waals surface area contributed by atoms with Crippen LogP contribution in [0.25, 0.3) is 0 Å². The van der Waals surface area contributed by atoms with Gasteiger partial charge in [0.2, 0.25) is 0 Å². The molecule has 2 atom stereocenters. The Bertz CT molecular complexity index is 556. The summed E-state index contributed by atoms with van der Waals surface area (Å²) in [6.07, 6.45) is 2.04. The van der Waals surface area contributed by atoms with Crippen molar-refractivity contribution in [2.45, 2.75) is 39.7 Å². The van der Waals surface area contributed by atoms with E-state index < -0.39 is 5.97 Å². The normalized spacial score (nSPS) is 22.0. The van der Waals surface area contributed by atoms with Crippen LogP contribution in [0.3, 0.4) is 0 Å². The zero-order valence-electron chi connectivity index (χ0n) is 12.7. The number of hydrogen-bond acceptors (Lipinski definition) is 2. The molecule has 114 valence electrons. The Balaban J connectivity index is 2.06. The van der Waals surface area contributed by atoms with E-state index in [1.165, 1.54) is 6.07 Å². The molecule has 1 fully saturated rings. The highest BCUT2D eigenvalue weighted by atomic mass is 16.4. The molecule has 0 bridgehead atoms. The molecule has 5 heteroatoms. The third-order valence-electron chi connectivity index (χ3n) is 4.11. The van der Waals surface area contributed by atoms with Crippen LogP contribution < -0.4 is 5.32 Å². The second-order valence-electron chi connectivity index (χ2n) is 5.94. The van der Waals surface area contributed by atoms with Crippen molar-refractivity contribution in [2.24, 2.45) is 5.92 Å². The molecule has 1 aromatic carbocycles. The molecule has 5 nitrogen and oxygen atoms in total. The summed E-state index contributed by atoms with van der Waals surface area (Å²) < 4.78 is 0. The van der Waals surface area contributed by atoms with Crippen LogP contribution in [0.1, 0.15) is 42.6 Å². The third-order valence-corrected chi connectivity index (χ3v) is 4.11. The zero-order chi connectivity index (χ0) is 15.6. The van der Waals surface area contributed by atoms with Gasteiger partial charge in [-0.2, -0.15) is 0 Å². The monoisotopic (exact) mass is 290 g/mol. The van der Waals surface area contributed by atoms with E-state index in [1.807, 2.05) is 4.90 Å². The first-order chi connectivity index (χ1) is 9.88. The molecule has 0 spiro atoms. The lowest BCUT2D eigenvalue weighted by atomic mass is 9.94. The summed E-state index contributed by atoms with van der Waals surface area (Å²) in [5.41, 5.74) is 1.53. The van der Waals surface area contributed by atoms with Crippen LogP contribution in [0, 0.1) is 12.8 Å². The third kappa shape index (κ3) is 3.54. The van der Waals surface area contributed by atoms with E-state index in [2.05, 4.69) is 19.2 Å². The first-order valence-electron chi connectivity index (χ1n) is 7.30. The van der Waals surface area contributed by atoms with Crippen molar-refractivity contribution in [3.05, 3.63) is 29.3 Å². The standard InChI is InChI=1S/C16H22N2O3/c1-10-6-7-18(12(3)8-10)16(21)17-13-4-5-14(15(19)20)11(2)9-13/h4-5,9-10,12H,6-8H2,1-3H3,(H,17,21)(H,19,20). The topological polar surface area (TPSA) is 69.6 Å². The Kier molecular flexibility index (Phi) is 4.50. The lowest BCUT2D eigenvalue weighted by Gasteiger charge is -2.36. The number of rotatable bonds is 2. The van der Waals surface area contributed by atoms with Gasteiger partial charge in [0.1, 0.15) is 0 Å². The number of likely N-dealkylation sites (tertiary alicyclic amines) is 1. The van der Waals surface area contributed by atoms with Gasteiger partial charge in [-0.3, -0.25) is 0 Å². The molecule has 0 radical (unpaired) electrons. The molecule has 2 amide bonds. The van der Waals surface area contributed by atoms with E-state index in [1.54, 1.807) is 19.1 Å². The summed E-state index contributed by atoms with van der Waals surface area (Å²) in [4.78, 5) is 25.1. The number of piperidine rings is 1. The molecule has 21 heavy (non-hydrogen) atoms. The summed E-state index contributed by atoms with van der Waals surface area (Å²) in [6.45, 7) is 6.76. The van der Waals surface area contributed by atoms with Crippen molar-refractivity contribution >= 4 is 17.7 Å². The minimum absolute atomic E-state index is 0.114. The van der Waals surface area contributed by atoms with Crippen molar-refractivity contribution < 1.29 is 14.7 Å². The number of nitrogens with one attached hydrogen (secondary N) is 1. The molecule has 1 aromatic rings. The van der Waals surface area contributed by atoms with Crippen LogP contribution in [-0.2, 0) is 0 Å². The maximum absolute atomic E-state index is 12.3. The van der Waals surface area contributed by atoms with Crippen molar-refractivity contribution in [3.8, 4) is 0 Å². The number of aryl methyl sites for hydroxylation is 1. The fourth-order valence-electron chi connectivity index (χ4n) is 2.89. The lowest BCUT2D eigenvalue weighted by molar-refractivity contribution is 0.0696. The smallest absolute Gasteiger partial charge is 0.335 e. The second-order valence-corrected chi connectivity index (χ2v) is 5.94. The second kappa shape index (κ2) is 6.16. The minimum atomic E-state index is -0.955. The summed E-state index contributed by atoms with van der Waals surface area (Å²) in [7, 11) is 0. The highest BCUT2D eigenvalue weighted by Crippen LogP contribution is 2.23. The number of hydrogen-bond donors (Lipinski definition) is 2. The summed E-state index contributed by atoms with van der Waals surface area (Å²) in [5, 5.41) is 11.9. The Morgan fingerprint density at radius 3 is 2.62 bits per heavy atom. The number of amides is 2. The van der Waals surface area contributed by atoms with Crippen LogP contribution in [-0.4, -0.2) is 34.6 Å². The maximum Gasteiger partial charge on any atom is 0.335 e. The first-order valence-corrected chi connectivity index (χ1v) is 7.30. The first kappa shape index (κ1) is 15.4. The van der Waals surface area contributed by atoms with Crippen LogP contribution in [0.15, 0.2) is 18.2 Å². The lowest BCUT2D eigenvalue weighted by Crippen LogP contribution is -2.46. The van der Waals surface area contributed by atoms with E-state index in [-0.39, 0.29) is 17.6 Å². The number of aromatic carboxylic acids is 1. The summed E-state index contributed by atoms with van der Waals surface area (Å²) in [6, 6.07) is 4.96. The van der Waals surface area contributed by atoms with E-state index in [4.69, 9.17) is 5.11 Å². The molecule has 2 unspecified atom stereocenters. The van der Waals surface area contributed by atoms with Crippen molar-refractivity contribution in [2.75, 3.05) is 11.9 Å². The average molecular weight is 290 g/mol. The number of carbonyl (C=O) groups excluding carboxylic acids is 1. The Hall–Kier alpha value is -2.04.